The van der Waals surface area contributed by atoms with Crippen molar-refractivity contribution in [1.82, 2.24) is 10.2 Å². The Balaban J connectivity index is 1.74. The largest absolute Gasteiger partial charge is 0.323 e. The van der Waals surface area contributed by atoms with Crippen molar-refractivity contribution < 1.29 is 4.79 Å². The molecule has 2 amide bonds. The summed E-state index contributed by atoms with van der Waals surface area (Å²) < 4.78 is 0. The van der Waals surface area contributed by atoms with Gasteiger partial charge in [0.15, 0.2) is 0 Å². The summed E-state index contributed by atoms with van der Waals surface area (Å²) in [6.07, 6.45) is 1.73. The van der Waals surface area contributed by atoms with Crippen LogP contribution in [0.4, 0.5) is 16.2 Å². The van der Waals surface area contributed by atoms with E-state index in [4.69, 9.17) is 11.6 Å². The van der Waals surface area contributed by atoms with E-state index in [9.17, 15) is 4.79 Å². The summed E-state index contributed by atoms with van der Waals surface area (Å²) in [5.74, 6) is 0. The van der Waals surface area contributed by atoms with Crippen LogP contribution in [0.15, 0.2) is 48.7 Å². The zero-order valence-corrected chi connectivity index (χ0v) is 11.1. The highest BCUT2D eigenvalue weighted by atomic mass is 35.5. The van der Waals surface area contributed by atoms with Crippen LogP contribution < -0.4 is 10.6 Å². The number of carbonyl (C=O) groups is 1. The first-order valence-corrected chi connectivity index (χ1v) is 6.36. The Kier molecular flexibility index (Phi) is 3.26. The van der Waals surface area contributed by atoms with Crippen LogP contribution in [0.1, 0.15) is 0 Å². The van der Waals surface area contributed by atoms with Gasteiger partial charge in [0.25, 0.3) is 0 Å². The molecule has 20 heavy (non-hydrogen) atoms. The van der Waals surface area contributed by atoms with Gasteiger partial charge < -0.3 is 10.6 Å². The molecule has 0 saturated carbocycles. The van der Waals surface area contributed by atoms with Gasteiger partial charge in [-0.15, -0.1) is 0 Å². The molecule has 0 aliphatic heterocycles. The van der Waals surface area contributed by atoms with Gasteiger partial charge in [-0.25, -0.2) is 4.79 Å². The molecule has 3 rings (SSSR count). The minimum Gasteiger partial charge on any atom is -0.308 e. The molecule has 100 valence electrons. The van der Waals surface area contributed by atoms with E-state index in [-0.39, 0.29) is 6.03 Å². The van der Waals surface area contributed by atoms with Crippen LogP contribution in [0, 0.1) is 0 Å². The molecule has 5 nitrogen and oxygen atoms in total. The quantitative estimate of drug-likeness (QED) is 0.669. The maximum Gasteiger partial charge on any atom is 0.323 e. The van der Waals surface area contributed by atoms with Gasteiger partial charge in [0.05, 0.1) is 22.4 Å². The lowest BCUT2D eigenvalue weighted by molar-refractivity contribution is 0.262. The fourth-order valence-electron chi connectivity index (χ4n) is 1.86. The molecule has 1 heterocycles. The molecule has 2 aromatic carbocycles. The van der Waals surface area contributed by atoms with Gasteiger partial charge in [-0.1, -0.05) is 23.7 Å². The molecule has 0 aliphatic rings. The van der Waals surface area contributed by atoms with Crippen molar-refractivity contribution in [2.24, 2.45) is 0 Å². The van der Waals surface area contributed by atoms with Crippen molar-refractivity contribution in [1.29, 1.82) is 0 Å². The first-order valence-electron chi connectivity index (χ1n) is 5.98. The first-order chi connectivity index (χ1) is 9.72. The highest BCUT2D eigenvalue weighted by Gasteiger charge is 2.06. The molecule has 0 fully saturated rings. The number of nitrogens with zero attached hydrogens (tertiary/aromatic N) is 1. The lowest BCUT2D eigenvalue weighted by Gasteiger charge is -2.08. The summed E-state index contributed by atoms with van der Waals surface area (Å²) in [7, 11) is 0. The number of anilines is 2. The third-order valence-electron chi connectivity index (χ3n) is 2.82. The number of urea groups is 1. The number of amides is 2. The molecular weight excluding hydrogens is 276 g/mol. The topological polar surface area (TPSA) is 69.8 Å². The van der Waals surface area contributed by atoms with Crippen molar-refractivity contribution in [2.45, 2.75) is 0 Å². The van der Waals surface area contributed by atoms with Gasteiger partial charge in [-0.3, -0.25) is 5.10 Å². The minimum absolute atomic E-state index is 0.350. The van der Waals surface area contributed by atoms with Crippen molar-refractivity contribution >= 4 is 39.9 Å². The second-order valence-electron chi connectivity index (χ2n) is 4.23. The zero-order chi connectivity index (χ0) is 13.9. The van der Waals surface area contributed by atoms with Crippen molar-refractivity contribution in [2.75, 3.05) is 10.6 Å². The Hall–Kier alpha value is -2.53. The molecule has 0 bridgehead atoms. The number of fused-ring (bicyclic) bond motifs is 1. The van der Waals surface area contributed by atoms with E-state index in [1.807, 2.05) is 18.2 Å². The summed E-state index contributed by atoms with van der Waals surface area (Å²) in [5, 5.41) is 13.7. The van der Waals surface area contributed by atoms with Gasteiger partial charge in [-0.2, -0.15) is 5.10 Å². The number of benzene rings is 2. The van der Waals surface area contributed by atoms with Crippen molar-refractivity contribution in [3.63, 3.8) is 0 Å². The molecule has 0 spiro atoms. The summed E-state index contributed by atoms with van der Waals surface area (Å²) in [6.45, 7) is 0. The number of nitrogens with one attached hydrogen (secondary N) is 3. The lowest BCUT2D eigenvalue weighted by atomic mass is 10.2. The molecule has 6 heteroatoms. The highest BCUT2D eigenvalue weighted by Crippen LogP contribution is 2.21. The predicted octanol–water partition coefficient (Wildman–Crippen LogP) is 3.86. The number of rotatable bonds is 2. The number of aromatic nitrogens is 2. The van der Waals surface area contributed by atoms with Crippen LogP contribution in [-0.4, -0.2) is 16.2 Å². The fourth-order valence-corrected chi connectivity index (χ4v) is 2.05. The van der Waals surface area contributed by atoms with Crippen LogP contribution in [0.2, 0.25) is 5.02 Å². The van der Waals surface area contributed by atoms with Crippen LogP contribution in [0.5, 0.6) is 0 Å². The summed E-state index contributed by atoms with van der Waals surface area (Å²) in [4.78, 5) is 11.9. The molecule has 3 aromatic rings. The van der Waals surface area contributed by atoms with Gasteiger partial charge in [0, 0.05) is 11.1 Å². The third kappa shape index (κ3) is 2.57. The van der Waals surface area contributed by atoms with Gasteiger partial charge in [0.1, 0.15) is 0 Å². The number of aromatic amines is 1. The Labute approximate surface area is 119 Å². The fraction of sp³-hybridized carbons (Fsp3) is 0. The average Bonchev–Trinajstić information content (AvgIpc) is 2.89. The molecule has 0 aliphatic carbocycles. The molecular formula is C14H11ClN4O. The SMILES string of the molecule is O=C(Nc1ccc2cn[nH]c2c1)Nc1ccccc1Cl. The Morgan fingerprint density at radius 1 is 1.15 bits per heavy atom. The minimum atomic E-state index is -0.350. The van der Waals surface area contributed by atoms with Crippen LogP contribution in [0.25, 0.3) is 10.9 Å². The molecule has 0 unspecified atom stereocenters. The average molecular weight is 287 g/mol. The van der Waals surface area contributed by atoms with Gasteiger partial charge in [0.2, 0.25) is 0 Å². The highest BCUT2D eigenvalue weighted by molar-refractivity contribution is 6.33. The summed E-state index contributed by atoms with van der Waals surface area (Å²) in [6, 6.07) is 12.2. The number of carbonyl (C=O) groups excluding carboxylic acids is 1. The normalized spacial score (nSPS) is 10.4. The van der Waals surface area contributed by atoms with E-state index >= 15 is 0 Å². The van der Waals surface area contributed by atoms with Crippen LogP contribution in [0.3, 0.4) is 0 Å². The Bertz CT molecular complexity index is 768. The van der Waals surface area contributed by atoms with Gasteiger partial charge >= 0.3 is 6.03 Å². The van der Waals surface area contributed by atoms with E-state index < -0.39 is 0 Å². The molecule has 1 aromatic heterocycles. The molecule has 0 atom stereocenters. The molecule has 0 radical (unpaired) electrons. The van der Waals surface area contributed by atoms with E-state index in [1.54, 1.807) is 30.5 Å². The summed E-state index contributed by atoms with van der Waals surface area (Å²) >= 11 is 5.98. The second-order valence-corrected chi connectivity index (χ2v) is 4.64. The second kappa shape index (κ2) is 5.22. The standard InChI is InChI=1S/C14H11ClN4O/c15-11-3-1-2-4-12(11)18-14(20)17-10-6-5-9-8-16-19-13(9)7-10/h1-8H,(H,16,19)(H2,17,18,20). The Morgan fingerprint density at radius 2 is 2.00 bits per heavy atom. The smallest absolute Gasteiger partial charge is 0.308 e. The number of hydrogen-bond donors (Lipinski definition) is 3. The first kappa shape index (κ1) is 12.5. The van der Waals surface area contributed by atoms with Crippen molar-refractivity contribution in [3.8, 4) is 0 Å². The van der Waals surface area contributed by atoms with E-state index in [0.717, 1.165) is 10.9 Å². The summed E-state index contributed by atoms with van der Waals surface area (Å²) in [5.41, 5.74) is 2.10. The van der Waals surface area contributed by atoms with Gasteiger partial charge in [-0.05, 0) is 30.3 Å². The lowest BCUT2D eigenvalue weighted by Crippen LogP contribution is -2.19. The van der Waals surface area contributed by atoms with Crippen LogP contribution >= 0.6 is 11.6 Å². The van der Waals surface area contributed by atoms with E-state index in [1.165, 1.54) is 0 Å². The van der Waals surface area contributed by atoms with E-state index in [2.05, 4.69) is 20.8 Å². The monoisotopic (exact) mass is 286 g/mol. The molecule has 0 saturated heterocycles. The molecule has 3 N–H and O–H groups in total. The number of halogens is 1. The Morgan fingerprint density at radius 3 is 2.85 bits per heavy atom. The maximum atomic E-state index is 11.9. The van der Waals surface area contributed by atoms with Crippen LogP contribution in [-0.2, 0) is 0 Å². The maximum absolute atomic E-state index is 11.9. The van der Waals surface area contributed by atoms with Crippen molar-refractivity contribution in [3.05, 3.63) is 53.7 Å². The number of hydrogen-bond acceptors (Lipinski definition) is 2. The number of para-hydroxylation sites is 1. The third-order valence-corrected chi connectivity index (χ3v) is 3.15. The zero-order valence-electron chi connectivity index (χ0n) is 10.4. The predicted molar refractivity (Wildman–Crippen MR) is 80.2 cm³/mol. The number of H-pyrrole nitrogens is 1. The van der Waals surface area contributed by atoms with E-state index in [0.29, 0.717) is 16.4 Å².